The molecule has 58 valence electrons. The van der Waals surface area contributed by atoms with Crippen LogP contribution < -0.4 is 5.73 Å². The molecule has 0 spiro atoms. The fourth-order valence-electron chi connectivity index (χ4n) is 0.787. The van der Waals surface area contributed by atoms with Crippen molar-refractivity contribution in [2.75, 3.05) is 0 Å². The first kappa shape index (κ1) is 9.28. The Morgan fingerprint density at radius 3 is 2.20 bits per heavy atom. The minimum absolute atomic E-state index is 1.12. The van der Waals surface area contributed by atoms with Crippen LogP contribution >= 0.6 is 0 Å². The fourth-order valence-corrected chi connectivity index (χ4v) is 0.787. The molecule has 0 radical (unpaired) electrons. The summed E-state index contributed by atoms with van der Waals surface area (Å²) < 4.78 is 0. The van der Waals surface area contributed by atoms with Gasteiger partial charge in [0.25, 0.3) is 0 Å². The maximum absolute atomic E-state index is 5.17. The summed E-state index contributed by atoms with van der Waals surface area (Å²) in [7, 11) is 0. The van der Waals surface area contributed by atoms with Crippen LogP contribution in [-0.4, -0.2) is 0 Å². The van der Waals surface area contributed by atoms with Crippen molar-refractivity contribution in [1.82, 2.24) is 0 Å². The first-order chi connectivity index (χ1) is 4.91. The lowest BCUT2D eigenvalue weighted by Gasteiger charge is -1.90. The zero-order valence-corrected chi connectivity index (χ0v) is 6.72. The van der Waals surface area contributed by atoms with Crippen LogP contribution in [0.5, 0.6) is 0 Å². The van der Waals surface area contributed by atoms with Crippen LogP contribution in [0.4, 0.5) is 0 Å². The Bertz CT molecular complexity index is 89.3. The molecule has 0 amide bonds. The SMILES string of the molecule is CC=CCCCCC=CN. The quantitative estimate of drug-likeness (QED) is 0.460. The van der Waals surface area contributed by atoms with E-state index in [1.54, 1.807) is 6.20 Å². The van der Waals surface area contributed by atoms with E-state index in [9.17, 15) is 0 Å². The molecule has 1 heteroatoms. The standard InChI is InChI=1S/C9H17N/c1-2-3-4-5-6-7-8-9-10/h2-3,8-9H,4-7,10H2,1H3. The van der Waals surface area contributed by atoms with E-state index in [1.807, 2.05) is 6.08 Å². The summed E-state index contributed by atoms with van der Waals surface area (Å²) in [6.45, 7) is 2.06. The van der Waals surface area contributed by atoms with Gasteiger partial charge >= 0.3 is 0 Å². The van der Waals surface area contributed by atoms with Crippen molar-refractivity contribution in [3.05, 3.63) is 24.4 Å². The van der Waals surface area contributed by atoms with Gasteiger partial charge in [-0.1, -0.05) is 18.2 Å². The largest absolute Gasteiger partial charge is 0.405 e. The second kappa shape index (κ2) is 8.28. The van der Waals surface area contributed by atoms with Crippen LogP contribution in [0.15, 0.2) is 24.4 Å². The summed E-state index contributed by atoms with van der Waals surface area (Å²) in [5.74, 6) is 0. The normalized spacial score (nSPS) is 11.7. The Hall–Kier alpha value is -0.720. The Kier molecular flexibility index (Phi) is 7.68. The van der Waals surface area contributed by atoms with E-state index in [0.29, 0.717) is 0 Å². The number of allylic oxidation sites excluding steroid dienone is 3. The third-order valence-electron chi connectivity index (χ3n) is 1.36. The van der Waals surface area contributed by atoms with Crippen molar-refractivity contribution in [1.29, 1.82) is 0 Å². The van der Waals surface area contributed by atoms with Crippen molar-refractivity contribution in [2.45, 2.75) is 32.6 Å². The lowest BCUT2D eigenvalue weighted by molar-refractivity contribution is 0.761. The van der Waals surface area contributed by atoms with Crippen molar-refractivity contribution >= 4 is 0 Å². The van der Waals surface area contributed by atoms with Gasteiger partial charge in [-0.25, -0.2) is 0 Å². The molecular weight excluding hydrogens is 122 g/mol. The number of nitrogens with two attached hydrogens (primary N) is 1. The van der Waals surface area contributed by atoms with Gasteiger partial charge in [0.15, 0.2) is 0 Å². The topological polar surface area (TPSA) is 26.0 Å². The molecule has 0 fully saturated rings. The lowest BCUT2D eigenvalue weighted by atomic mass is 10.2. The average molecular weight is 139 g/mol. The molecule has 0 rings (SSSR count). The van der Waals surface area contributed by atoms with Gasteiger partial charge < -0.3 is 5.73 Å². The van der Waals surface area contributed by atoms with Gasteiger partial charge in [0.2, 0.25) is 0 Å². The van der Waals surface area contributed by atoms with Crippen LogP contribution in [0.2, 0.25) is 0 Å². The molecule has 10 heavy (non-hydrogen) atoms. The van der Waals surface area contributed by atoms with Gasteiger partial charge in [-0.15, -0.1) is 0 Å². The third kappa shape index (κ3) is 7.28. The molecule has 0 saturated heterocycles. The molecule has 0 heterocycles. The highest BCUT2D eigenvalue weighted by Gasteiger charge is 1.81. The Balaban J connectivity index is 2.90. The Morgan fingerprint density at radius 1 is 1.10 bits per heavy atom. The van der Waals surface area contributed by atoms with E-state index in [-0.39, 0.29) is 0 Å². The number of unbranched alkanes of at least 4 members (excludes halogenated alkanes) is 3. The molecular formula is C9H17N. The van der Waals surface area contributed by atoms with Crippen LogP contribution in [-0.2, 0) is 0 Å². The van der Waals surface area contributed by atoms with Crippen molar-refractivity contribution in [3.8, 4) is 0 Å². The predicted octanol–water partition coefficient (Wildman–Crippen LogP) is 2.60. The summed E-state index contributed by atoms with van der Waals surface area (Å²) in [5.41, 5.74) is 5.17. The molecule has 0 atom stereocenters. The van der Waals surface area contributed by atoms with E-state index in [0.717, 1.165) is 6.42 Å². The van der Waals surface area contributed by atoms with E-state index in [2.05, 4.69) is 19.1 Å². The zero-order chi connectivity index (χ0) is 7.66. The molecule has 0 unspecified atom stereocenters. The van der Waals surface area contributed by atoms with Crippen LogP contribution in [0.1, 0.15) is 32.6 Å². The second-order valence-corrected chi connectivity index (χ2v) is 2.28. The summed E-state index contributed by atoms with van der Waals surface area (Å²) in [4.78, 5) is 0. The third-order valence-corrected chi connectivity index (χ3v) is 1.36. The van der Waals surface area contributed by atoms with Gasteiger partial charge in [-0.2, -0.15) is 0 Å². The molecule has 0 aliphatic carbocycles. The van der Waals surface area contributed by atoms with Gasteiger partial charge in [-0.05, 0) is 38.8 Å². The van der Waals surface area contributed by atoms with Crippen LogP contribution in [0, 0.1) is 0 Å². The van der Waals surface area contributed by atoms with Gasteiger partial charge in [0.1, 0.15) is 0 Å². The molecule has 0 bridgehead atoms. The predicted molar refractivity (Wildman–Crippen MR) is 46.6 cm³/mol. The summed E-state index contributed by atoms with van der Waals surface area (Å²) in [5, 5.41) is 0. The summed E-state index contributed by atoms with van der Waals surface area (Å²) >= 11 is 0. The minimum Gasteiger partial charge on any atom is -0.405 e. The Labute approximate surface area is 63.6 Å². The van der Waals surface area contributed by atoms with E-state index < -0.39 is 0 Å². The van der Waals surface area contributed by atoms with Crippen molar-refractivity contribution < 1.29 is 0 Å². The first-order valence-corrected chi connectivity index (χ1v) is 3.89. The Morgan fingerprint density at radius 2 is 1.70 bits per heavy atom. The lowest BCUT2D eigenvalue weighted by Crippen LogP contribution is -1.77. The zero-order valence-electron chi connectivity index (χ0n) is 6.72. The van der Waals surface area contributed by atoms with Crippen molar-refractivity contribution in [3.63, 3.8) is 0 Å². The number of hydrogen-bond acceptors (Lipinski definition) is 1. The maximum Gasteiger partial charge on any atom is -0.0103 e. The molecule has 1 nitrogen and oxygen atoms in total. The molecule has 0 aliphatic rings. The number of hydrogen-bond donors (Lipinski definition) is 1. The smallest absolute Gasteiger partial charge is 0.0103 e. The summed E-state index contributed by atoms with van der Waals surface area (Å²) in [6, 6.07) is 0. The van der Waals surface area contributed by atoms with Crippen LogP contribution in [0.3, 0.4) is 0 Å². The fraction of sp³-hybridized carbons (Fsp3) is 0.556. The second-order valence-electron chi connectivity index (χ2n) is 2.28. The highest BCUT2D eigenvalue weighted by Crippen LogP contribution is 2.00. The highest BCUT2D eigenvalue weighted by molar-refractivity contribution is 4.78. The summed E-state index contributed by atoms with van der Waals surface area (Å²) in [6.07, 6.45) is 12.8. The minimum atomic E-state index is 1.12. The van der Waals surface area contributed by atoms with Gasteiger partial charge in [-0.3, -0.25) is 0 Å². The van der Waals surface area contributed by atoms with E-state index in [4.69, 9.17) is 5.73 Å². The van der Waals surface area contributed by atoms with Crippen molar-refractivity contribution in [2.24, 2.45) is 5.73 Å². The molecule has 2 N–H and O–H groups in total. The maximum atomic E-state index is 5.17. The molecule has 0 saturated carbocycles. The first-order valence-electron chi connectivity index (χ1n) is 3.89. The van der Waals surface area contributed by atoms with Gasteiger partial charge in [0, 0.05) is 0 Å². The highest BCUT2D eigenvalue weighted by atomic mass is 14.5. The monoisotopic (exact) mass is 139 g/mol. The van der Waals surface area contributed by atoms with E-state index >= 15 is 0 Å². The van der Waals surface area contributed by atoms with Gasteiger partial charge in [0.05, 0.1) is 0 Å². The molecule has 0 aromatic rings. The molecule has 0 aliphatic heterocycles. The van der Waals surface area contributed by atoms with E-state index in [1.165, 1.54) is 19.3 Å². The number of rotatable bonds is 5. The average Bonchev–Trinajstić information content (AvgIpc) is 1.97. The molecule has 0 aromatic carbocycles. The van der Waals surface area contributed by atoms with Crippen LogP contribution in [0.25, 0.3) is 0 Å². The molecule has 0 aromatic heterocycles.